The molecule has 0 saturated carbocycles. The topological polar surface area (TPSA) is 78.9 Å². The maximum absolute atomic E-state index is 13.0. The Morgan fingerprint density at radius 3 is 0.641 bits per heavy atom. The van der Waals surface area contributed by atoms with Crippen molar-refractivity contribution in [2.75, 3.05) is 13.2 Å². The van der Waals surface area contributed by atoms with Crippen molar-refractivity contribution in [3.63, 3.8) is 0 Å². The summed E-state index contributed by atoms with van der Waals surface area (Å²) in [5, 5.41) is 0. The van der Waals surface area contributed by atoms with Gasteiger partial charge in [0.25, 0.3) is 0 Å². The Labute approximate surface area is 487 Å². The largest absolute Gasteiger partial charge is 0.462 e. The van der Waals surface area contributed by atoms with Gasteiger partial charge in [-0.05, 0) is 70.6 Å². The van der Waals surface area contributed by atoms with E-state index in [1.807, 2.05) is 0 Å². The fraction of sp³-hybridized carbons (Fsp3) is 0.903. The van der Waals surface area contributed by atoms with Crippen LogP contribution in [0.1, 0.15) is 400 Å². The zero-order chi connectivity index (χ0) is 56.4. The summed E-state index contributed by atoms with van der Waals surface area (Å²) >= 11 is 0. The van der Waals surface area contributed by atoms with Crippen molar-refractivity contribution >= 4 is 17.9 Å². The van der Waals surface area contributed by atoms with Crippen LogP contribution in [-0.2, 0) is 28.6 Å². The van der Waals surface area contributed by atoms with E-state index in [1.54, 1.807) is 0 Å². The summed E-state index contributed by atoms with van der Waals surface area (Å²) in [6, 6.07) is 0. The number of allylic oxidation sites excluding steroid dienone is 4. The zero-order valence-electron chi connectivity index (χ0n) is 53.0. The third-order valence-corrected chi connectivity index (χ3v) is 16.2. The van der Waals surface area contributed by atoms with E-state index in [1.165, 1.54) is 295 Å². The molecule has 1 unspecified atom stereocenters. The van der Waals surface area contributed by atoms with Crippen LogP contribution < -0.4 is 0 Å². The second-order valence-corrected chi connectivity index (χ2v) is 24.1. The number of rotatable bonds is 66. The van der Waals surface area contributed by atoms with Crippen molar-refractivity contribution in [3.8, 4) is 0 Å². The first-order valence-electron chi connectivity index (χ1n) is 35.3. The second kappa shape index (κ2) is 67.4. The highest BCUT2D eigenvalue weighted by molar-refractivity contribution is 5.71. The smallest absolute Gasteiger partial charge is 0.306 e. The first-order chi connectivity index (χ1) is 38.5. The lowest BCUT2D eigenvalue weighted by atomic mass is 10.0. The maximum atomic E-state index is 13.0. The summed E-state index contributed by atoms with van der Waals surface area (Å²) in [5.41, 5.74) is 0. The van der Waals surface area contributed by atoms with E-state index in [0.717, 1.165) is 64.2 Å². The Kier molecular flexibility index (Phi) is 65.6. The zero-order valence-corrected chi connectivity index (χ0v) is 53.0. The van der Waals surface area contributed by atoms with Crippen molar-refractivity contribution in [2.24, 2.45) is 0 Å². The lowest BCUT2D eigenvalue weighted by Gasteiger charge is -2.18. The van der Waals surface area contributed by atoms with Crippen molar-refractivity contribution in [1.29, 1.82) is 0 Å². The highest BCUT2D eigenvalue weighted by atomic mass is 16.6. The molecule has 0 aromatic carbocycles. The van der Waals surface area contributed by atoms with Crippen molar-refractivity contribution < 1.29 is 28.6 Å². The standard InChI is InChI=1S/C72H136O6/c1-4-7-10-13-16-19-22-25-28-30-32-34-36-38-40-42-44-47-50-53-56-59-62-65-71(74)77-68-69(67-76-70(73)64-61-58-55-52-49-46-27-24-21-18-15-12-9-6-3)78-72(75)66-63-60-57-54-51-48-45-43-41-39-37-35-33-31-29-26-23-20-17-14-11-8-5-2/h24,27,30,32,69H,4-23,25-26,28-29,31,33-68H2,1-3H3/b27-24-,32-30-. The lowest BCUT2D eigenvalue weighted by molar-refractivity contribution is -0.167. The Bertz CT molecular complexity index is 1260. The number of carbonyl (C=O) groups excluding carboxylic acids is 3. The van der Waals surface area contributed by atoms with Crippen LogP contribution in [0.3, 0.4) is 0 Å². The molecule has 0 aromatic rings. The third kappa shape index (κ3) is 64.7. The van der Waals surface area contributed by atoms with Crippen LogP contribution in [0.2, 0.25) is 0 Å². The Morgan fingerprint density at radius 1 is 0.244 bits per heavy atom. The van der Waals surface area contributed by atoms with Crippen LogP contribution in [0.5, 0.6) is 0 Å². The van der Waals surface area contributed by atoms with Gasteiger partial charge in [0.15, 0.2) is 6.10 Å². The monoisotopic (exact) mass is 1100 g/mol. The van der Waals surface area contributed by atoms with Gasteiger partial charge in [0.1, 0.15) is 13.2 Å². The number of carbonyl (C=O) groups is 3. The van der Waals surface area contributed by atoms with Crippen LogP contribution in [0.25, 0.3) is 0 Å². The highest BCUT2D eigenvalue weighted by Crippen LogP contribution is 2.19. The predicted molar refractivity (Wildman–Crippen MR) is 340 cm³/mol. The molecule has 1 atom stereocenters. The van der Waals surface area contributed by atoms with Crippen LogP contribution in [-0.4, -0.2) is 37.2 Å². The summed E-state index contributed by atoms with van der Waals surface area (Å²) in [6.07, 6.45) is 82.1. The van der Waals surface area contributed by atoms with E-state index >= 15 is 0 Å². The van der Waals surface area contributed by atoms with Gasteiger partial charge in [-0.1, -0.05) is 334 Å². The van der Waals surface area contributed by atoms with Crippen LogP contribution in [0.4, 0.5) is 0 Å². The lowest BCUT2D eigenvalue weighted by Crippen LogP contribution is -2.30. The molecule has 6 heteroatoms. The van der Waals surface area contributed by atoms with E-state index < -0.39 is 6.10 Å². The fourth-order valence-electron chi connectivity index (χ4n) is 10.8. The molecule has 0 heterocycles. The van der Waals surface area contributed by atoms with Gasteiger partial charge in [-0.25, -0.2) is 0 Å². The maximum Gasteiger partial charge on any atom is 0.306 e. The number of esters is 3. The molecular weight excluding hydrogens is 961 g/mol. The number of hydrogen-bond donors (Lipinski definition) is 0. The molecule has 0 spiro atoms. The quantitative estimate of drug-likeness (QED) is 0.0261. The van der Waals surface area contributed by atoms with Gasteiger partial charge >= 0.3 is 17.9 Å². The minimum atomic E-state index is -0.773. The van der Waals surface area contributed by atoms with Crippen LogP contribution in [0.15, 0.2) is 24.3 Å². The van der Waals surface area contributed by atoms with Gasteiger partial charge < -0.3 is 14.2 Å². The van der Waals surface area contributed by atoms with E-state index in [-0.39, 0.29) is 31.1 Å². The molecule has 78 heavy (non-hydrogen) atoms. The first-order valence-corrected chi connectivity index (χ1v) is 35.3. The number of hydrogen-bond acceptors (Lipinski definition) is 6. The molecular formula is C72H136O6. The molecule has 0 bridgehead atoms. The van der Waals surface area contributed by atoms with Crippen LogP contribution in [0, 0.1) is 0 Å². The van der Waals surface area contributed by atoms with Crippen LogP contribution >= 0.6 is 0 Å². The molecule has 0 aliphatic heterocycles. The third-order valence-electron chi connectivity index (χ3n) is 16.2. The summed E-state index contributed by atoms with van der Waals surface area (Å²) in [7, 11) is 0. The number of unbranched alkanes of at least 4 members (excludes halogenated alkanes) is 51. The summed E-state index contributed by atoms with van der Waals surface area (Å²) in [4.78, 5) is 38.4. The SMILES string of the molecule is CCCCCCC/C=C\CCCCCCCC(=O)OCC(COC(=O)CCCCCCCCCCCCC/C=C\CCCCCCCCCC)OC(=O)CCCCCCCCCCCCCCCCCCCCCCCCC. The van der Waals surface area contributed by atoms with E-state index in [4.69, 9.17) is 14.2 Å². The molecule has 0 amide bonds. The van der Waals surface area contributed by atoms with Gasteiger partial charge in [0.2, 0.25) is 0 Å². The van der Waals surface area contributed by atoms with Gasteiger partial charge in [0, 0.05) is 19.3 Å². The van der Waals surface area contributed by atoms with Gasteiger partial charge in [-0.3, -0.25) is 14.4 Å². The Balaban J connectivity index is 4.25. The molecule has 0 radical (unpaired) electrons. The normalized spacial score (nSPS) is 12.1. The molecule has 0 aliphatic carbocycles. The Morgan fingerprint density at radius 2 is 0.423 bits per heavy atom. The average Bonchev–Trinajstić information content (AvgIpc) is 3.44. The molecule has 0 N–H and O–H groups in total. The van der Waals surface area contributed by atoms with Crippen molar-refractivity contribution in [3.05, 3.63) is 24.3 Å². The minimum absolute atomic E-state index is 0.0688. The fourth-order valence-corrected chi connectivity index (χ4v) is 10.8. The summed E-state index contributed by atoms with van der Waals surface area (Å²) < 4.78 is 17.0. The molecule has 0 saturated heterocycles. The Hall–Kier alpha value is -2.11. The highest BCUT2D eigenvalue weighted by Gasteiger charge is 2.19. The number of ether oxygens (including phenoxy) is 3. The molecule has 6 nitrogen and oxygen atoms in total. The molecule has 0 aromatic heterocycles. The van der Waals surface area contributed by atoms with E-state index in [0.29, 0.717) is 19.3 Å². The summed E-state index contributed by atoms with van der Waals surface area (Å²) in [5.74, 6) is -0.847. The predicted octanol–water partition coefficient (Wildman–Crippen LogP) is 24.2. The van der Waals surface area contributed by atoms with Crippen molar-refractivity contribution in [2.45, 2.75) is 406 Å². The second-order valence-electron chi connectivity index (χ2n) is 24.1. The molecule has 0 aliphatic rings. The first kappa shape index (κ1) is 75.9. The van der Waals surface area contributed by atoms with E-state index in [9.17, 15) is 14.4 Å². The molecule has 0 rings (SSSR count). The molecule has 0 fully saturated rings. The van der Waals surface area contributed by atoms with Gasteiger partial charge in [0.05, 0.1) is 0 Å². The average molecular weight is 1100 g/mol. The van der Waals surface area contributed by atoms with Gasteiger partial charge in [-0.15, -0.1) is 0 Å². The summed E-state index contributed by atoms with van der Waals surface area (Å²) in [6.45, 7) is 6.71. The van der Waals surface area contributed by atoms with Gasteiger partial charge in [-0.2, -0.15) is 0 Å². The minimum Gasteiger partial charge on any atom is -0.462 e. The van der Waals surface area contributed by atoms with Crippen molar-refractivity contribution in [1.82, 2.24) is 0 Å². The van der Waals surface area contributed by atoms with E-state index in [2.05, 4.69) is 45.1 Å². The molecule has 460 valence electrons.